The number of aryl methyl sites for hydroxylation is 2. The van der Waals surface area contributed by atoms with Gasteiger partial charge in [0.2, 0.25) is 0 Å². The average Bonchev–Trinajstić information content (AvgIpc) is 2.58. The van der Waals surface area contributed by atoms with Crippen molar-refractivity contribution in [2.45, 2.75) is 20.8 Å². The molecular formula is C18H19N3O4S. The third kappa shape index (κ3) is 4.20. The molecule has 0 unspecified atom stereocenters. The highest BCUT2D eigenvalue weighted by atomic mass is 32.2. The molecule has 2 aromatic rings. The van der Waals surface area contributed by atoms with E-state index in [2.05, 4.69) is 8.80 Å². The van der Waals surface area contributed by atoms with Gasteiger partial charge < -0.3 is 9.47 Å². The average molecular weight is 373 g/mol. The summed E-state index contributed by atoms with van der Waals surface area (Å²) in [5.74, 6) is 0.944. The summed E-state index contributed by atoms with van der Waals surface area (Å²) < 4.78 is 42.7. The molecule has 0 spiro atoms. The highest BCUT2D eigenvalue weighted by Gasteiger charge is 2.30. The van der Waals surface area contributed by atoms with E-state index >= 15 is 0 Å². The Morgan fingerprint density at radius 3 is 1.54 bits per heavy atom. The number of ether oxygens (including phenoxy) is 2. The Balaban J connectivity index is 1.89. The van der Waals surface area contributed by atoms with E-state index in [4.69, 9.17) is 9.47 Å². The van der Waals surface area contributed by atoms with Gasteiger partial charge in [-0.05, 0) is 45.0 Å². The summed E-state index contributed by atoms with van der Waals surface area (Å²) in [6, 6.07) is 14.2. The van der Waals surface area contributed by atoms with Crippen LogP contribution in [0, 0.1) is 13.8 Å². The SMILES string of the molecule is CCN1C(Oc2ccc(C)cc2)=NS(=O)(=O)N=C1Oc1ccc(C)cc1. The van der Waals surface area contributed by atoms with Crippen molar-refractivity contribution in [3.63, 3.8) is 0 Å². The van der Waals surface area contributed by atoms with Crippen LogP contribution < -0.4 is 9.47 Å². The second-order valence-electron chi connectivity index (χ2n) is 5.77. The van der Waals surface area contributed by atoms with Gasteiger partial charge in [0, 0.05) is 6.54 Å². The number of benzene rings is 2. The standard InChI is InChI=1S/C18H19N3O4S/c1-4-21-17(24-15-9-5-13(2)6-10-15)19-26(22,23)20-18(21)25-16-11-7-14(3)8-12-16/h5-12H,4H2,1-3H3. The molecule has 2 aromatic carbocycles. The molecule has 0 aliphatic carbocycles. The lowest BCUT2D eigenvalue weighted by atomic mass is 10.2. The monoisotopic (exact) mass is 373 g/mol. The van der Waals surface area contributed by atoms with E-state index in [1.54, 1.807) is 24.3 Å². The zero-order valence-corrected chi connectivity index (χ0v) is 15.5. The Morgan fingerprint density at radius 2 is 1.19 bits per heavy atom. The largest absolute Gasteiger partial charge is 0.425 e. The van der Waals surface area contributed by atoms with Gasteiger partial charge in [0.05, 0.1) is 0 Å². The van der Waals surface area contributed by atoms with Crippen molar-refractivity contribution in [2.24, 2.45) is 8.80 Å². The van der Waals surface area contributed by atoms with Crippen LogP contribution in [0.3, 0.4) is 0 Å². The number of hydrogen-bond donors (Lipinski definition) is 0. The Labute approximate surface area is 152 Å². The minimum absolute atomic E-state index is 0.103. The first-order valence-corrected chi connectivity index (χ1v) is 9.47. The minimum atomic E-state index is -4.10. The molecule has 0 saturated carbocycles. The first-order chi connectivity index (χ1) is 12.4. The van der Waals surface area contributed by atoms with E-state index in [0.29, 0.717) is 18.0 Å². The Hall–Kier alpha value is -2.87. The molecule has 0 radical (unpaired) electrons. The normalized spacial score (nSPS) is 15.9. The lowest BCUT2D eigenvalue weighted by Gasteiger charge is -2.26. The van der Waals surface area contributed by atoms with E-state index < -0.39 is 10.2 Å². The van der Waals surface area contributed by atoms with Gasteiger partial charge in [-0.3, -0.25) is 0 Å². The van der Waals surface area contributed by atoms with Crippen LogP contribution in [0.25, 0.3) is 0 Å². The van der Waals surface area contributed by atoms with Crippen molar-refractivity contribution in [1.29, 1.82) is 0 Å². The van der Waals surface area contributed by atoms with Crippen molar-refractivity contribution in [3.8, 4) is 11.5 Å². The molecule has 0 fully saturated rings. The van der Waals surface area contributed by atoms with Crippen LogP contribution in [0.4, 0.5) is 0 Å². The molecule has 0 amide bonds. The zero-order valence-electron chi connectivity index (χ0n) is 14.7. The topological polar surface area (TPSA) is 80.6 Å². The summed E-state index contributed by atoms with van der Waals surface area (Å²) in [4.78, 5) is 1.46. The van der Waals surface area contributed by atoms with Gasteiger partial charge in [0.25, 0.3) is 0 Å². The molecule has 0 saturated heterocycles. The van der Waals surface area contributed by atoms with E-state index in [1.807, 2.05) is 45.0 Å². The zero-order chi connectivity index (χ0) is 18.7. The summed E-state index contributed by atoms with van der Waals surface area (Å²) in [7, 11) is -4.10. The number of hydrogen-bond acceptors (Lipinski definition) is 5. The molecular weight excluding hydrogens is 354 g/mol. The third-order valence-electron chi connectivity index (χ3n) is 3.63. The van der Waals surface area contributed by atoms with Crippen LogP contribution in [-0.2, 0) is 10.2 Å². The highest BCUT2D eigenvalue weighted by molar-refractivity contribution is 7.89. The Kier molecular flexibility index (Phi) is 4.94. The fourth-order valence-corrected chi connectivity index (χ4v) is 2.95. The Bertz CT molecular complexity index is 877. The molecule has 0 aromatic heterocycles. The van der Waals surface area contributed by atoms with Gasteiger partial charge in [-0.2, -0.15) is 8.42 Å². The minimum Gasteiger partial charge on any atom is -0.425 e. The van der Waals surface area contributed by atoms with E-state index in [-0.39, 0.29) is 12.0 Å². The van der Waals surface area contributed by atoms with Crippen LogP contribution in [0.15, 0.2) is 57.3 Å². The summed E-state index contributed by atoms with van der Waals surface area (Å²) >= 11 is 0. The first-order valence-electron chi connectivity index (χ1n) is 8.08. The molecule has 3 rings (SSSR count). The molecule has 0 N–H and O–H groups in total. The van der Waals surface area contributed by atoms with Crippen molar-refractivity contribution < 1.29 is 17.9 Å². The number of nitrogens with zero attached hydrogens (tertiary/aromatic N) is 3. The maximum atomic E-state index is 12.1. The van der Waals surface area contributed by atoms with E-state index in [1.165, 1.54) is 4.90 Å². The molecule has 1 aliphatic heterocycles. The molecule has 136 valence electrons. The molecule has 26 heavy (non-hydrogen) atoms. The maximum absolute atomic E-state index is 12.1. The summed E-state index contributed by atoms with van der Waals surface area (Å²) in [6.45, 7) is 6.08. The van der Waals surface area contributed by atoms with E-state index in [0.717, 1.165) is 11.1 Å². The summed E-state index contributed by atoms with van der Waals surface area (Å²) in [5.41, 5.74) is 2.13. The van der Waals surface area contributed by atoms with Gasteiger partial charge in [0.1, 0.15) is 11.5 Å². The summed E-state index contributed by atoms with van der Waals surface area (Å²) in [5, 5.41) is 0. The second kappa shape index (κ2) is 7.17. The molecule has 1 heterocycles. The third-order valence-corrected chi connectivity index (χ3v) is 4.40. The van der Waals surface area contributed by atoms with Crippen molar-refractivity contribution in [2.75, 3.05) is 6.54 Å². The predicted molar refractivity (Wildman–Crippen MR) is 99.8 cm³/mol. The quantitative estimate of drug-likeness (QED) is 0.826. The smallest absolute Gasteiger partial charge is 0.372 e. The van der Waals surface area contributed by atoms with Crippen LogP contribution >= 0.6 is 0 Å². The molecule has 0 atom stereocenters. The maximum Gasteiger partial charge on any atom is 0.372 e. The predicted octanol–water partition coefficient (Wildman–Crippen LogP) is 3.05. The van der Waals surface area contributed by atoms with E-state index in [9.17, 15) is 8.42 Å². The lowest BCUT2D eigenvalue weighted by molar-refractivity contribution is 0.385. The van der Waals surface area contributed by atoms with Gasteiger partial charge in [0.15, 0.2) is 0 Å². The first kappa shape index (κ1) is 17.9. The van der Waals surface area contributed by atoms with Crippen LogP contribution in [0.5, 0.6) is 11.5 Å². The van der Waals surface area contributed by atoms with Crippen molar-refractivity contribution >= 4 is 22.3 Å². The van der Waals surface area contributed by atoms with Crippen LogP contribution in [-0.4, -0.2) is 31.9 Å². The number of rotatable bonds is 3. The van der Waals surface area contributed by atoms with Gasteiger partial charge in [-0.1, -0.05) is 44.2 Å². The second-order valence-corrected chi connectivity index (χ2v) is 7.03. The van der Waals surface area contributed by atoms with Gasteiger partial charge >= 0.3 is 22.3 Å². The van der Waals surface area contributed by atoms with Crippen LogP contribution in [0.2, 0.25) is 0 Å². The lowest BCUT2D eigenvalue weighted by Crippen LogP contribution is -2.45. The fraction of sp³-hybridized carbons (Fsp3) is 0.222. The van der Waals surface area contributed by atoms with Gasteiger partial charge in [-0.15, -0.1) is 0 Å². The van der Waals surface area contributed by atoms with Crippen LogP contribution in [0.1, 0.15) is 18.1 Å². The molecule has 8 heteroatoms. The van der Waals surface area contributed by atoms with Crippen molar-refractivity contribution in [1.82, 2.24) is 4.90 Å². The summed E-state index contributed by atoms with van der Waals surface area (Å²) in [6.07, 6.45) is 0. The molecule has 0 bridgehead atoms. The fourth-order valence-electron chi connectivity index (χ4n) is 2.24. The van der Waals surface area contributed by atoms with Gasteiger partial charge in [-0.25, -0.2) is 4.90 Å². The number of amidine groups is 2. The van der Waals surface area contributed by atoms with Crippen molar-refractivity contribution in [3.05, 3.63) is 59.7 Å². The molecule has 7 nitrogen and oxygen atoms in total. The molecule has 1 aliphatic rings. The highest BCUT2D eigenvalue weighted by Crippen LogP contribution is 2.19. The Morgan fingerprint density at radius 1 is 0.808 bits per heavy atom.